The molecule has 2 fully saturated rings. The molecule has 0 unspecified atom stereocenters. The summed E-state index contributed by atoms with van der Waals surface area (Å²) in [6.45, 7) is 3.87. The molecule has 1 aliphatic carbocycles. The van der Waals surface area contributed by atoms with Crippen LogP contribution >= 0.6 is 0 Å². The van der Waals surface area contributed by atoms with E-state index in [-0.39, 0.29) is 5.91 Å². The van der Waals surface area contributed by atoms with Crippen LogP contribution in [0.2, 0.25) is 0 Å². The molecule has 1 heterocycles. The molecule has 0 N–H and O–H groups in total. The van der Waals surface area contributed by atoms with Crippen molar-refractivity contribution >= 4 is 16.7 Å². The Morgan fingerprint density at radius 3 is 2.42 bits per heavy atom. The molecular formula is C21H26N2O. The van der Waals surface area contributed by atoms with Crippen LogP contribution in [0.25, 0.3) is 10.8 Å². The van der Waals surface area contributed by atoms with Crippen molar-refractivity contribution in [2.45, 2.75) is 38.1 Å². The summed E-state index contributed by atoms with van der Waals surface area (Å²) in [5.41, 5.74) is 1.15. The van der Waals surface area contributed by atoms with Crippen molar-refractivity contribution in [2.75, 3.05) is 26.2 Å². The molecule has 0 radical (unpaired) electrons. The van der Waals surface area contributed by atoms with Crippen LogP contribution in [0.15, 0.2) is 42.5 Å². The molecule has 1 aliphatic heterocycles. The number of fused-ring (bicyclic) bond motifs is 1. The van der Waals surface area contributed by atoms with Crippen LogP contribution in [-0.4, -0.2) is 47.9 Å². The third kappa shape index (κ3) is 3.18. The monoisotopic (exact) mass is 322 g/mol. The average Bonchev–Trinajstić information content (AvgIpc) is 3.17. The van der Waals surface area contributed by atoms with Gasteiger partial charge in [-0.2, -0.15) is 0 Å². The van der Waals surface area contributed by atoms with Crippen LogP contribution < -0.4 is 0 Å². The van der Waals surface area contributed by atoms with Crippen molar-refractivity contribution in [3.05, 3.63) is 48.0 Å². The molecule has 1 saturated carbocycles. The van der Waals surface area contributed by atoms with Crippen molar-refractivity contribution in [1.82, 2.24) is 9.80 Å². The van der Waals surface area contributed by atoms with Crippen LogP contribution in [0.4, 0.5) is 0 Å². The molecule has 0 spiro atoms. The van der Waals surface area contributed by atoms with Gasteiger partial charge < -0.3 is 4.90 Å². The third-order valence-corrected chi connectivity index (χ3v) is 5.73. The molecule has 1 saturated heterocycles. The van der Waals surface area contributed by atoms with Crippen LogP contribution in [0, 0.1) is 0 Å². The van der Waals surface area contributed by atoms with Crippen molar-refractivity contribution in [1.29, 1.82) is 0 Å². The largest absolute Gasteiger partial charge is 0.340 e. The lowest BCUT2D eigenvalue weighted by Gasteiger charge is -2.38. The normalized spacial score (nSPS) is 19.9. The second-order valence-electron chi connectivity index (χ2n) is 7.17. The molecular weight excluding hydrogens is 296 g/mol. The highest BCUT2D eigenvalue weighted by Crippen LogP contribution is 2.25. The lowest BCUT2D eigenvalue weighted by Crippen LogP contribution is -2.51. The van der Waals surface area contributed by atoms with E-state index in [1.807, 2.05) is 0 Å². The second kappa shape index (κ2) is 6.94. The van der Waals surface area contributed by atoms with Gasteiger partial charge in [-0.1, -0.05) is 55.3 Å². The number of benzene rings is 2. The molecule has 2 aliphatic rings. The smallest absolute Gasteiger partial charge is 0.227 e. The number of carbonyl (C=O) groups excluding carboxylic acids is 1. The number of rotatable bonds is 3. The van der Waals surface area contributed by atoms with Gasteiger partial charge >= 0.3 is 0 Å². The minimum atomic E-state index is 0.275. The maximum absolute atomic E-state index is 12.7. The molecule has 0 atom stereocenters. The summed E-state index contributed by atoms with van der Waals surface area (Å²) in [7, 11) is 0. The minimum Gasteiger partial charge on any atom is -0.340 e. The minimum absolute atomic E-state index is 0.275. The first-order chi connectivity index (χ1) is 11.8. The van der Waals surface area contributed by atoms with Gasteiger partial charge in [0.2, 0.25) is 5.91 Å². The number of hydrogen-bond donors (Lipinski definition) is 0. The maximum Gasteiger partial charge on any atom is 0.227 e. The Labute approximate surface area is 144 Å². The van der Waals surface area contributed by atoms with Gasteiger partial charge in [-0.3, -0.25) is 9.69 Å². The molecule has 2 aromatic rings. The third-order valence-electron chi connectivity index (χ3n) is 5.73. The van der Waals surface area contributed by atoms with E-state index in [9.17, 15) is 4.79 Å². The van der Waals surface area contributed by atoms with Gasteiger partial charge in [-0.25, -0.2) is 0 Å². The fourth-order valence-corrected chi connectivity index (χ4v) is 4.33. The zero-order chi connectivity index (χ0) is 16.4. The van der Waals surface area contributed by atoms with Crippen LogP contribution in [0.5, 0.6) is 0 Å². The summed E-state index contributed by atoms with van der Waals surface area (Å²) >= 11 is 0. The zero-order valence-electron chi connectivity index (χ0n) is 14.3. The SMILES string of the molecule is O=C(Cc1cccc2ccccc12)N1CCN(C2CCCC2)CC1. The maximum atomic E-state index is 12.7. The zero-order valence-corrected chi connectivity index (χ0v) is 14.3. The molecule has 24 heavy (non-hydrogen) atoms. The molecule has 0 bridgehead atoms. The Kier molecular flexibility index (Phi) is 4.52. The Morgan fingerprint density at radius 2 is 1.62 bits per heavy atom. The van der Waals surface area contributed by atoms with Crippen molar-refractivity contribution < 1.29 is 4.79 Å². The summed E-state index contributed by atoms with van der Waals surface area (Å²) in [4.78, 5) is 17.4. The van der Waals surface area contributed by atoms with Crippen molar-refractivity contribution in [2.24, 2.45) is 0 Å². The van der Waals surface area contributed by atoms with Crippen LogP contribution in [0.3, 0.4) is 0 Å². The van der Waals surface area contributed by atoms with E-state index in [4.69, 9.17) is 0 Å². The quantitative estimate of drug-likeness (QED) is 0.864. The first-order valence-corrected chi connectivity index (χ1v) is 9.30. The standard InChI is InChI=1S/C21H26N2O/c24-21(16-18-8-5-7-17-6-1-4-11-20(17)18)23-14-12-22(13-15-23)19-9-2-3-10-19/h1,4-8,11,19H,2-3,9-10,12-16H2. The molecule has 3 heteroatoms. The number of amides is 1. The summed E-state index contributed by atoms with van der Waals surface area (Å²) in [5.74, 6) is 0.275. The van der Waals surface area contributed by atoms with Gasteiger partial charge in [0, 0.05) is 32.2 Å². The first-order valence-electron chi connectivity index (χ1n) is 9.30. The van der Waals surface area contributed by atoms with Gasteiger partial charge in [0.1, 0.15) is 0 Å². The van der Waals surface area contributed by atoms with E-state index in [0.29, 0.717) is 6.42 Å². The van der Waals surface area contributed by atoms with Gasteiger partial charge in [0.15, 0.2) is 0 Å². The van der Waals surface area contributed by atoms with Gasteiger partial charge in [-0.05, 0) is 29.2 Å². The van der Waals surface area contributed by atoms with Crippen molar-refractivity contribution in [3.8, 4) is 0 Å². The fourth-order valence-electron chi connectivity index (χ4n) is 4.33. The molecule has 4 rings (SSSR count). The van der Waals surface area contributed by atoms with E-state index >= 15 is 0 Å². The Morgan fingerprint density at radius 1 is 0.917 bits per heavy atom. The van der Waals surface area contributed by atoms with E-state index in [0.717, 1.165) is 37.8 Å². The molecule has 3 nitrogen and oxygen atoms in total. The first kappa shape index (κ1) is 15.6. The van der Waals surface area contributed by atoms with Gasteiger partial charge in [-0.15, -0.1) is 0 Å². The average molecular weight is 322 g/mol. The van der Waals surface area contributed by atoms with E-state index in [2.05, 4.69) is 52.3 Å². The lowest BCUT2D eigenvalue weighted by atomic mass is 10.0. The second-order valence-corrected chi connectivity index (χ2v) is 7.17. The van der Waals surface area contributed by atoms with Crippen molar-refractivity contribution in [3.63, 3.8) is 0 Å². The Hall–Kier alpha value is -1.87. The Balaban J connectivity index is 1.39. The van der Waals surface area contributed by atoms with Crippen LogP contribution in [0.1, 0.15) is 31.2 Å². The predicted molar refractivity (Wildman–Crippen MR) is 98.1 cm³/mol. The highest BCUT2D eigenvalue weighted by molar-refractivity contribution is 5.90. The van der Waals surface area contributed by atoms with Gasteiger partial charge in [0.25, 0.3) is 0 Å². The summed E-state index contributed by atoms with van der Waals surface area (Å²) in [6, 6.07) is 15.4. The highest BCUT2D eigenvalue weighted by atomic mass is 16.2. The number of nitrogens with zero attached hydrogens (tertiary/aromatic N) is 2. The summed E-state index contributed by atoms with van der Waals surface area (Å²) in [6.07, 6.45) is 5.98. The molecule has 126 valence electrons. The molecule has 1 amide bonds. The lowest BCUT2D eigenvalue weighted by molar-refractivity contribution is -0.132. The van der Waals surface area contributed by atoms with E-state index < -0.39 is 0 Å². The molecule has 0 aromatic heterocycles. The Bertz CT molecular complexity index is 707. The number of hydrogen-bond acceptors (Lipinski definition) is 2. The number of piperazine rings is 1. The topological polar surface area (TPSA) is 23.6 Å². The predicted octanol–water partition coefficient (Wildman–Crippen LogP) is 3.47. The van der Waals surface area contributed by atoms with E-state index in [1.54, 1.807) is 0 Å². The van der Waals surface area contributed by atoms with Crippen LogP contribution in [-0.2, 0) is 11.2 Å². The number of carbonyl (C=O) groups is 1. The fraction of sp³-hybridized carbons (Fsp3) is 0.476. The van der Waals surface area contributed by atoms with Gasteiger partial charge in [0.05, 0.1) is 6.42 Å². The highest BCUT2D eigenvalue weighted by Gasteiger charge is 2.27. The molecule has 2 aromatic carbocycles. The van der Waals surface area contributed by atoms with E-state index in [1.165, 1.54) is 36.5 Å². The summed E-state index contributed by atoms with van der Waals surface area (Å²) in [5, 5.41) is 2.42. The summed E-state index contributed by atoms with van der Waals surface area (Å²) < 4.78 is 0.